The molecule has 0 saturated carbocycles. The molecule has 0 aliphatic carbocycles. The minimum absolute atomic E-state index is 0.274. The van der Waals surface area contributed by atoms with Gasteiger partial charge in [0.05, 0.1) is 33.8 Å². The number of rotatable bonds is 1. The molecule has 9 heteroatoms. The van der Waals surface area contributed by atoms with Gasteiger partial charge in [0, 0.05) is 27.1 Å². The van der Waals surface area contributed by atoms with Gasteiger partial charge in [-0.2, -0.15) is 0 Å². The quantitative estimate of drug-likeness (QED) is 0.238. The molecule has 0 bridgehead atoms. The molecule has 35 heavy (non-hydrogen) atoms. The molecule has 2 aliphatic rings. The van der Waals surface area contributed by atoms with E-state index in [1.54, 1.807) is 11.5 Å². The van der Waals surface area contributed by atoms with Crippen LogP contribution in [0.1, 0.15) is 33.9 Å². The van der Waals surface area contributed by atoms with Crippen LogP contribution in [0.2, 0.25) is 0 Å². The van der Waals surface area contributed by atoms with E-state index in [1.807, 2.05) is 48.5 Å². The number of aromatic nitrogens is 2. The lowest BCUT2D eigenvalue weighted by molar-refractivity contribution is -0.238. The zero-order valence-corrected chi connectivity index (χ0v) is 18.5. The Bertz CT molecular complexity index is 1730. The second-order valence-corrected chi connectivity index (χ2v) is 9.27. The molecule has 2 aliphatic heterocycles. The number of imide groups is 1. The molecule has 3 aromatic carbocycles. The van der Waals surface area contributed by atoms with Crippen molar-refractivity contribution in [1.82, 2.24) is 14.9 Å². The van der Waals surface area contributed by atoms with E-state index < -0.39 is 42.5 Å². The van der Waals surface area contributed by atoms with Gasteiger partial charge in [-0.3, -0.25) is 14.9 Å². The first-order valence-electron chi connectivity index (χ1n) is 11.4. The zero-order valence-electron chi connectivity index (χ0n) is 18.5. The smallest absolute Gasteiger partial charge is 0.259 e. The molecule has 5 atom stereocenters. The summed E-state index contributed by atoms with van der Waals surface area (Å²) in [4.78, 5) is 29.6. The number of carbonyl (C=O) groups is 2. The number of carbonyl (C=O) groups excluding carboxylic acids is 2. The Kier molecular flexibility index (Phi) is 4.06. The third-order valence-electron chi connectivity index (χ3n) is 7.37. The predicted molar refractivity (Wildman–Crippen MR) is 128 cm³/mol. The highest BCUT2D eigenvalue weighted by atomic mass is 16.5. The third-order valence-corrected chi connectivity index (χ3v) is 7.37. The summed E-state index contributed by atoms with van der Waals surface area (Å²) >= 11 is 0. The van der Waals surface area contributed by atoms with Crippen LogP contribution in [-0.2, 0) is 4.74 Å². The number of benzene rings is 3. The summed E-state index contributed by atoms with van der Waals surface area (Å²) in [5.74, 6) is -0.946. The molecule has 5 aromatic rings. The number of hydrogen-bond donors (Lipinski definition) is 5. The first-order valence-corrected chi connectivity index (χ1v) is 11.4. The van der Waals surface area contributed by atoms with Crippen molar-refractivity contribution in [3.8, 4) is 0 Å². The molecular weight excluding hydrogens is 450 g/mol. The van der Waals surface area contributed by atoms with Crippen molar-refractivity contribution in [3.63, 3.8) is 0 Å². The summed E-state index contributed by atoms with van der Waals surface area (Å²) in [6.45, 7) is 1.63. The van der Waals surface area contributed by atoms with Crippen molar-refractivity contribution >= 4 is 55.4 Å². The van der Waals surface area contributed by atoms with Crippen molar-refractivity contribution in [2.45, 2.75) is 37.6 Å². The van der Waals surface area contributed by atoms with E-state index in [2.05, 4.69) is 10.3 Å². The number of nitrogens with one attached hydrogen (secondary N) is 2. The SMILES string of the molecule is C[C@@H]1O[C@@H](n2c3ccccc3c3c4c(c5c6ccccc6[nH]c5c32)C(=O)NC4=O)[C@H](O)[C@H](O)[C@H]1O. The van der Waals surface area contributed by atoms with Gasteiger partial charge in [-0.25, -0.2) is 0 Å². The maximum atomic E-state index is 13.1. The van der Waals surface area contributed by atoms with Gasteiger partial charge in [-0.05, 0) is 19.1 Å². The Balaban J connectivity index is 1.72. The van der Waals surface area contributed by atoms with E-state index in [0.29, 0.717) is 38.3 Å². The number of para-hydroxylation sites is 2. The highest BCUT2D eigenvalue weighted by molar-refractivity contribution is 6.39. The monoisotopic (exact) mass is 471 g/mol. The normalized spacial score (nSPS) is 26.8. The first kappa shape index (κ1) is 20.6. The topological polar surface area (TPSA) is 137 Å². The summed E-state index contributed by atoms with van der Waals surface area (Å²) in [6, 6.07) is 14.9. The number of H-pyrrole nitrogens is 1. The Morgan fingerprint density at radius 1 is 0.829 bits per heavy atom. The Hall–Kier alpha value is -3.76. The molecule has 2 amide bonds. The fraction of sp³-hybridized carbons (Fsp3) is 0.231. The molecule has 176 valence electrons. The van der Waals surface area contributed by atoms with Crippen molar-refractivity contribution in [1.29, 1.82) is 0 Å². The van der Waals surface area contributed by atoms with Crippen LogP contribution >= 0.6 is 0 Å². The molecule has 0 radical (unpaired) electrons. The lowest BCUT2D eigenvalue weighted by Crippen LogP contribution is -2.54. The van der Waals surface area contributed by atoms with Crippen molar-refractivity contribution in [2.75, 3.05) is 0 Å². The minimum Gasteiger partial charge on any atom is -0.388 e. The van der Waals surface area contributed by atoms with Gasteiger partial charge in [0.25, 0.3) is 11.8 Å². The number of aromatic amines is 1. The Morgan fingerprint density at radius 3 is 2.26 bits per heavy atom. The van der Waals surface area contributed by atoms with Crippen molar-refractivity contribution in [2.24, 2.45) is 0 Å². The lowest BCUT2D eigenvalue weighted by Gasteiger charge is -2.40. The molecule has 1 fully saturated rings. The van der Waals surface area contributed by atoms with Crippen LogP contribution < -0.4 is 5.32 Å². The predicted octanol–water partition coefficient (Wildman–Crippen LogP) is 2.31. The van der Waals surface area contributed by atoms with E-state index in [1.165, 1.54) is 0 Å². The first-order chi connectivity index (χ1) is 16.9. The number of hydrogen-bond acceptors (Lipinski definition) is 6. The highest BCUT2D eigenvalue weighted by Gasteiger charge is 2.44. The van der Waals surface area contributed by atoms with Crippen molar-refractivity contribution < 1.29 is 29.6 Å². The summed E-state index contributed by atoms with van der Waals surface area (Å²) in [7, 11) is 0. The van der Waals surface area contributed by atoms with Gasteiger partial charge in [-0.15, -0.1) is 0 Å². The van der Waals surface area contributed by atoms with Gasteiger partial charge in [0.15, 0.2) is 6.23 Å². The van der Waals surface area contributed by atoms with Gasteiger partial charge >= 0.3 is 0 Å². The Labute approximate surface area is 197 Å². The third kappa shape index (κ3) is 2.50. The lowest BCUT2D eigenvalue weighted by atomic mass is 9.96. The number of aliphatic hydroxyl groups excluding tert-OH is 3. The average molecular weight is 471 g/mol. The largest absolute Gasteiger partial charge is 0.388 e. The number of nitrogens with zero attached hydrogens (tertiary/aromatic N) is 1. The zero-order chi connectivity index (χ0) is 24.2. The molecule has 1 saturated heterocycles. The van der Waals surface area contributed by atoms with Gasteiger partial charge < -0.3 is 29.6 Å². The van der Waals surface area contributed by atoms with Crippen LogP contribution in [0.5, 0.6) is 0 Å². The molecule has 0 unspecified atom stereocenters. The van der Waals surface area contributed by atoms with E-state index in [9.17, 15) is 24.9 Å². The van der Waals surface area contributed by atoms with E-state index in [-0.39, 0.29) is 5.56 Å². The fourth-order valence-electron chi connectivity index (χ4n) is 5.78. The maximum absolute atomic E-state index is 13.1. The summed E-state index contributed by atoms with van der Waals surface area (Å²) in [6.07, 6.45) is -5.94. The Morgan fingerprint density at radius 2 is 1.49 bits per heavy atom. The van der Waals surface area contributed by atoms with E-state index >= 15 is 0 Å². The molecule has 2 aromatic heterocycles. The van der Waals surface area contributed by atoms with Crippen LogP contribution in [-0.4, -0.2) is 61.1 Å². The molecule has 4 heterocycles. The molecule has 5 N–H and O–H groups in total. The second kappa shape index (κ2) is 6.89. The van der Waals surface area contributed by atoms with Gasteiger partial charge in [-0.1, -0.05) is 36.4 Å². The van der Waals surface area contributed by atoms with Crippen LogP contribution in [0.4, 0.5) is 0 Å². The standard InChI is InChI=1S/C26H21N3O6/c1-10-21(30)22(31)23(32)26(35-10)29-14-9-5-3-7-12(14)16-18-17(24(33)28-25(18)34)15-11-6-2-4-8-13(11)27-19(15)20(16)29/h2-10,21-23,26-27,30-32H,1H3,(H,28,33,34)/t10-,21-,22+,23+,26+/m0/s1. The van der Waals surface area contributed by atoms with Crippen LogP contribution in [0.15, 0.2) is 48.5 Å². The van der Waals surface area contributed by atoms with Crippen LogP contribution in [0, 0.1) is 0 Å². The number of fused-ring (bicyclic) bond motifs is 10. The molecule has 9 nitrogen and oxygen atoms in total. The molecular formula is C26H21N3O6. The van der Waals surface area contributed by atoms with Gasteiger partial charge in [0.1, 0.15) is 18.3 Å². The summed E-state index contributed by atoms with van der Waals surface area (Å²) in [5.41, 5.74) is 3.21. The number of ether oxygens (including phenoxy) is 1. The van der Waals surface area contributed by atoms with Crippen LogP contribution in [0.3, 0.4) is 0 Å². The molecule has 0 spiro atoms. The number of aliphatic hydroxyl groups is 3. The van der Waals surface area contributed by atoms with Gasteiger partial charge in [0.2, 0.25) is 0 Å². The second-order valence-electron chi connectivity index (χ2n) is 9.27. The van der Waals surface area contributed by atoms with Crippen molar-refractivity contribution in [3.05, 3.63) is 59.7 Å². The maximum Gasteiger partial charge on any atom is 0.259 e. The average Bonchev–Trinajstić information content (AvgIpc) is 3.49. The summed E-state index contributed by atoms with van der Waals surface area (Å²) < 4.78 is 7.81. The fourth-order valence-corrected chi connectivity index (χ4v) is 5.78. The minimum atomic E-state index is -1.44. The highest BCUT2D eigenvalue weighted by Crippen LogP contribution is 2.45. The number of amides is 2. The van der Waals surface area contributed by atoms with Crippen LogP contribution in [0.25, 0.3) is 43.6 Å². The summed E-state index contributed by atoms with van der Waals surface area (Å²) in [5, 5.41) is 37.0. The molecule has 7 rings (SSSR count). The van der Waals surface area contributed by atoms with E-state index in [0.717, 1.165) is 10.9 Å². The van der Waals surface area contributed by atoms with E-state index in [4.69, 9.17) is 4.74 Å².